The minimum Gasteiger partial charge on any atom is -0.477 e. The number of hydrogen-bond acceptors (Lipinski definition) is 4. The van der Waals surface area contributed by atoms with Gasteiger partial charge >= 0.3 is 0 Å². The topological polar surface area (TPSA) is 68.5 Å². The van der Waals surface area contributed by atoms with Gasteiger partial charge in [-0.3, -0.25) is 4.79 Å². The lowest BCUT2D eigenvalue weighted by atomic mass is 9.95. The summed E-state index contributed by atoms with van der Waals surface area (Å²) in [6.07, 6.45) is 3.92. The Hall–Kier alpha value is -1.62. The fraction of sp³-hybridized carbons (Fsp3) is 0.600. The Labute approximate surface area is 119 Å². The smallest absolute Gasteiger partial charge is 0.219 e. The Morgan fingerprint density at radius 3 is 3.05 bits per heavy atom. The van der Waals surface area contributed by atoms with E-state index in [1.807, 2.05) is 17.0 Å². The summed E-state index contributed by atoms with van der Waals surface area (Å²) in [5.41, 5.74) is 6.64. The highest BCUT2D eigenvalue weighted by atomic mass is 16.5. The van der Waals surface area contributed by atoms with Gasteiger partial charge in [-0.25, -0.2) is 4.98 Å². The lowest BCUT2D eigenvalue weighted by Gasteiger charge is -2.30. The zero-order valence-electron chi connectivity index (χ0n) is 11.8. The molecule has 2 aliphatic rings. The van der Waals surface area contributed by atoms with Crippen molar-refractivity contribution in [1.82, 2.24) is 9.88 Å². The standard InChI is InChI=1S/C15H21N3O2/c1-10(19)18-8-12-5-14(18)6-13(12)9-20-15-4-11(7-16)2-3-17-15/h2-4,12-14H,5-9,16H2,1H3. The number of carbonyl (C=O) groups is 1. The fourth-order valence-electron chi connectivity index (χ4n) is 3.50. The third-order valence-electron chi connectivity index (χ3n) is 4.57. The SMILES string of the molecule is CC(=O)N1CC2CC1CC2COc1cc(CN)ccn1. The number of amides is 1. The van der Waals surface area contributed by atoms with Crippen LogP contribution in [0.15, 0.2) is 18.3 Å². The summed E-state index contributed by atoms with van der Waals surface area (Å²) in [5, 5.41) is 0. The summed E-state index contributed by atoms with van der Waals surface area (Å²) < 4.78 is 5.81. The predicted molar refractivity (Wildman–Crippen MR) is 75.0 cm³/mol. The lowest BCUT2D eigenvalue weighted by Crippen LogP contribution is -2.39. The number of piperidine rings is 1. The van der Waals surface area contributed by atoms with E-state index < -0.39 is 0 Å². The molecule has 0 radical (unpaired) electrons. The zero-order valence-corrected chi connectivity index (χ0v) is 11.8. The van der Waals surface area contributed by atoms with E-state index in [0.29, 0.717) is 36.9 Å². The lowest BCUT2D eigenvalue weighted by molar-refractivity contribution is -0.131. The van der Waals surface area contributed by atoms with Crippen LogP contribution in [-0.2, 0) is 11.3 Å². The normalized spacial score (nSPS) is 27.9. The first-order valence-corrected chi connectivity index (χ1v) is 7.22. The molecule has 3 unspecified atom stereocenters. The first-order chi connectivity index (χ1) is 9.67. The van der Waals surface area contributed by atoms with E-state index in [-0.39, 0.29) is 5.91 Å². The summed E-state index contributed by atoms with van der Waals surface area (Å²) in [5.74, 6) is 1.98. The minimum absolute atomic E-state index is 0.203. The largest absolute Gasteiger partial charge is 0.477 e. The summed E-state index contributed by atoms with van der Waals surface area (Å²) in [6, 6.07) is 4.22. The molecule has 108 valence electrons. The Balaban J connectivity index is 1.55. The molecule has 1 aliphatic carbocycles. The molecule has 0 spiro atoms. The van der Waals surface area contributed by atoms with Crippen LogP contribution in [0.1, 0.15) is 25.3 Å². The quantitative estimate of drug-likeness (QED) is 0.896. The monoisotopic (exact) mass is 275 g/mol. The molecule has 1 aliphatic heterocycles. The summed E-state index contributed by atoms with van der Waals surface area (Å²) in [7, 11) is 0. The van der Waals surface area contributed by atoms with Gasteiger partial charge in [0, 0.05) is 38.3 Å². The van der Waals surface area contributed by atoms with Crippen molar-refractivity contribution in [3.63, 3.8) is 0 Å². The number of nitrogens with zero attached hydrogens (tertiary/aromatic N) is 2. The number of ether oxygens (including phenoxy) is 1. The third kappa shape index (κ3) is 2.50. The second-order valence-electron chi connectivity index (χ2n) is 5.83. The molecule has 2 N–H and O–H groups in total. The zero-order chi connectivity index (χ0) is 14.1. The number of pyridine rings is 1. The molecule has 5 nitrogen and oxygen atoms in total. The second kappa shape index (κ2) is 5.40. The summed E-state index contributed by atoms with van der Waals surface area (Å²) in [6.45, 7) is 3.74. The van der Waals surface area contributed by atoms with Crippen LogP contribution in [-0.4, -0.2) is 35.0 Å². The van der Waals surface area contributed by atoms with Crippen molar-refractivity contribution in [3.05, 3.63) is 23.9 Å². The molecule has 1 aromatic rings. The molecular formula is C15H21N3O2. The van der Waals surface area contributed by atoms with E-state index in [1.165, 1.54) is 0 Å². The van der Waals surface area contributed by atoms with Crippen molar-refractivity contribution in [2.75, 3.05) is 13.2 Å². The molecule has 2 fully saturated rings. The van der Waals surface area contributed by atoms with Crippen molar-refractivity contribution >= 4 is 5.91 Å². The molecule has 2 bridgehead atoms. The van der Waals surface area contributed by atoms with Gasteiger partial charge in [-0.2, -0.15) is 0 Å². The Morgan fingerprint density at radius 1 is 1.55 bits per heavy atom. The van der Waals surface area contributed by atoms with E-state index in [1.54, 1.807) is 13.1 Å². The highest BCUT2D eigenvalue weighted by Crippen LogP contribution is 2.42. The highest BCUT2D eigenvalue weighted by molar-refractivity contribution is 5.74. The number of aromatic nitrogens is 1. The van der Waals surface area contributed by atoms with Crippen molar-refractivity contribution in [2.45, 2.75) is 32.4 Å². The number of hydrogen-bond donors (Lipinski definition) is 1. The third-order valence-corrected chi connectivity index (χ3v) is 4.57. The number of carbonyl (C=O) groups excluding carboxylic acids is 1. The second-order valence-corrected chi connectivity index (χ2v) is 5.83. The van der Waals surface area contributed by atoms with Gasteiger partial charge in [-0.1, -0.05) is 0 Å². The van der Waals surface area contributed by atoms with Crippen LogP contribution in [0.4, 0.5) is 0 Å². The van der Waals surface area contributed by atoms with E-state index in [0.717, 1.165) is 24.9 Å². The molecule has 20 heavy (non-hydrogen) atoms. The Kier molecular flexibility index (Phi) is 3.61. The number of likely N-dealkylation sites (tertiary alicyclic amines) is 1. The van der Waals surface area contributed by atoms with Gasteiger partial charge in [0.25, 0.3) is 0 Å². The maximum absolute atomic E-state index is 11.5. The first kappa shape index (κ1) is 13.4. The average molecular weight is 275 g/mol. The number of nitrogens with two attached hydrogens (primary N) is 1. The molecule has 5 heteroatoms. The van der Waals surface area contributed by atoms with E-state index >= 15 is 0 Å². The minimum atomic E-state index is 0.203. The van der Waals surface area contributed by atoms with Gasteiger partial charge in [0.1, 0.15) is 0 Å². The van der Waals surface area contributed by atoms with Crippen LogP contribution in [0.3, 0.4) is 0 Å². The molecule has 1 amide bonds. The molecule has 2 heterocycles. The van der Waals surface area contributed by atoms with Crippen molar-refractivity contribution in [1.29, 1.82) is 0 Å². The van der Waals surface area contributed by atoms with Crippen LogP contribution in [0.5, 0.6) is 5.88 Å². The summed E-state index contributed by atoms with van der Waals surface area (Å²) >= 11 is 0. The maximum Gasteiger partial charge on any atom is 0.219 e. The van der Waals surface area contributed by atoms with Gasteiger partial charge in [-0.05, 0) is 36.3 Å². The molecule has 0 aromatic carbocycles. The predicted octanol–water partition coefficient (Wildman–Crippen LogP) is 1.18. The van der Waals surface area contributed by atoms with Crippen molar-refractivity contribution in [3.8, 4) is 5.88 Å². The van der Waals surface area contributed by atoms with Gasteiger partial charge in [-0.15, -0.1) is 0 Å². The fourth-order valence-corrected chi connectivity index (χ4v) is 3.50. The van der Waals surface area contributed by atoms with E-state index in [4.69, 9.17) is 10.5 Å². The van der Waals surface area contributed by atoms with Gasteiger partial charge in [0.05, 0.1) is 6.61 Å². The number of rotatable bonds is 4. The average Bonchev–Trinajstić information content (AvgIpc) is 3.05. The van der Waals surface area contributed by atoms with Crippen molar-refractivity contribution in [2.24, 2.45) is 17.6 Å². The molecule has 1 aromatic heterocycles. The molecule has 3 rings (SSSR count). The van der Waals surface area contributed by atoms with Gasteiger partial charge in [0.15, 0.2) is 0 Å². The van der Waals surface area contributed by atoms with Crippen LogP contribution in [0.25, 0.3) is 0 Å². The summed E-state index contributed by atoms with van der Waals surface area (Å²) in [4.78, 5) is 17.7. The highest BCUT2D eigenvalue weighted by Gasteiger charge is 2.45. The van der Waals surface area contributed by atoms with E-state index in [2.05, 4.69) is 4.98 Å². The molecular weight excluding hydrogens is 254 g/mol. The van der Waals surface area contributed by atoms with E-state index in [9.17, 15) is 4.79 Å². The molecule has 1 saturated carbocycles. The Morgan fingerprint density at radius 2 is 2.40 bits per heavy atom. The van der Waals surface area contributed by atoms with Crippen LogP contribution >= 0.6 is 0 Å². The van der Waals surface area contributed by atoms with Gasteiger partial charge in [0.2, 0.25) is 11.8 Å². The first-order valence-electron chi connectivity index (χ1n) is 7.22. The van der Waals surface area contributed by atoms with Crippen molar-refractivity contribution < 1.29 is 9.53 Å². The maximum atomic E-state index is 11.5. The Bertz CT molecular complexity index is 506. The number of fused-ring (bicyclic) bond motifs is 2. The van der Waals surface area contributed by atoms with Crippen LogP contribution in [0, 0.1) is 11.8 Å². The van der Waals surface area contributed by atoms with Gasteiger partial charge < -0.3 is 15.4 Å². The molecule has 1 saturated heterocycles. The van der Waals surface area contributed by atoms with Crippen LogP contribution < -0.4 is 10.5 Å². The van der Waals surface area contributed by atoms with Crippen LogP contribution in [0.2, 0.25) is 0 Å². The molecule has 3 atom stereocenters.